The minimum absolute atomic E-state index is 1.26. The summed E-state index contributed by atoms with van der Waals surface area (Å²) < 4.78 is 2.73. The molecule has 0 atom stereocenters. The molecule has 0 unspecified atom stereocenters. The fourth-order valence-electron chi connectivity index (χ4n) is 2.31. The van der Waals surface area contributed by atoms with Gasteiger partial charge < -0.3 is 4.98 Å². The summed E-state index contributed by atoms with van der Waals surface area (Å²) in [6.45, 7) is 0. The van der Waals surface area contributed by atoms with Gasteiger partial charge in [0.25, 0.3) is 0 Å². The van der Waals surface area contributed by atoms with Gasteiger partial charge in [0.1, 0.15) is 0 Å². The lowest BCUT2D eigenvalue weighted by Gasteiger charge is -1.92. The van der Waals surface area contributed by atoms with Crippen LogP contribution in [0, 0.1) is 0 Å². The summed E-state index contributed by atoms with van der Waals surface area (Å²) >= 11 is 1.86. The molecule has 0 spiro atoms. The Morgan fingerprint density at radius 1 is 0.875 bits per heavy atom. The molecule has 1 nitrogen and oxygen atoms in total. The number of hydrogen-bond acceptors (Lipinski definition) is 1. The predicted octanol–water partition coefficient (Wildman–Crippen LogP) is 4.54. The fraction of sp³-hybridized carbons (Fsp3) is 0. The summed E-state index contributed by atoms with van der Waals surface area (Å²) in [7, 11) is 0. The van der Waals surface area contributed by atoms with Crippen LogP contribution in [0.3, 0.4) is 0 Å². The number of aromatic amines is 1. The topological polar surface area (TPSA) is 15.8 Å². The lowest BCUT2D eigenvalue weighted by Crippen LogP contribution is -1.68. The Balaban J connectivity index is 2.38. The van der Waals surface area contributed by atoms with Crippen LogP contribution < -0.4 is 0 Å². The quantitative estimate of drug-likeness (QED) is 0.450. The molecule has 76 valence electrons. The van der Waals surface area contributed by atoms with E-state index in [0.717, 1.165) is 0 Å². The molecular weight excluding hydrogens is 214 g/mol. The highest BCUT2D eigenvalue weighted by Crippen LogP contribution is 2.37. The van der Waals surface area contributed by atoms with Gasteiger partial charge in [-0.15, -0.1) is 11.3 Å². The predicted molar refractivity (Wildman–Crippen MR) is 71.2 cm³/mol. The summed E-state index contributed by atoms with van der Waals surface area (Å²) in [5.74, 6) is 0. The van der Waals surface area contributed by atoms with Crippen molar-refractivity contribution in [1.82, 2.24) is 4.98 Å². The molecule has 0 amide bonds. The average molecular weight is 223 g/mol. The van der Waals surface area contributed by atoms with Crippen LogP contribution in [-0.4, -0.2) is 4.98 Å². The monoisotopic (exact) mass is 223 g/mol. The zero-order chi connectivity index (χ0) is 10.5. The second-order valence-corrected chi connectivity index (χ2v) is 5.03. The number of aromatic nitrogens is 1. The molecule has 1 N–H and O–H groups in total. The molecule has 0 bridgehead atoms. The molecule has 0 saturated heterocycles. The standard InChI is InChI=1S/C14H9NS/c1-2-4-12-10(3-1)11-6-5-9-7-8-15-13(9)14(11)16-12/h1-8,15H. The Morgan fingerprint density at radius 3 is 2.81 bits per heavy atom. The summed E-state index contributed by atoms with van der Waals surface area (Å²) in [4.78, 5) is 3.33. The van der Waals surface area contributed by atoms with Gasteiger partial charge in [0, 0.05) is 27.1 Å². The minimum Gasteiger partial charge on any atom is -0.360 e. The second-order valence-electron chi connectivity index (χ2n) is 3.98. The SMILES string of the molecule is c1ccc2c(c1)sc1c2ccc2cc[nH]c21. The van der Waals surface area contributed by atoms with Gasteiger partial charge in [0.15, 0.2) is 0 Å². The maximum absolute atomic E-state index is 3.33. The van der Waals surface area contributed by atoms with Crippen molar-refractivity contribution in [3.63, 3.8) is 0 Å². The highest BCUT2D eigenvalue weighted by molar-refractivity contribution is 7.26. The Bertz CT molecular complexity index is 807. The second kappa shape index (κ2) is 2.86. The van der Waals surface area contributed by atoms with Crippen molar-refractivity contribution in [1.29, 1.82) is 0 Å². The number of thiophene rings is 1. The van der Waals surface area contributed by atoms with Gasteiger partial charge in [-0.1, -0.05) is 30.3 Å². The van der Waals surface area contributed by atoms with E-state index in [-0.39, 0.29) is 0 Å². The average Bonchev–Trinajstić information content (AvgIpc) is 2.92. The lowest BCUT2D eigenvalue weighted by atomic mass is 10.1. The van der Waals surface area contributed by atoms with E-state index >= 15 is 0 Å². The van der Waals surface area contributed by atoms with E-state index in [1.807, 2.05) is 17.5 Å². The molecule has 2 heterocycles. The van der Waals surface area contributed by atoms with Crippen molar-refractivity contribution >= 4 is 42.4 Å². The first-order valence-corrected chi connectivity index (χ1v) is 6.12. The number of fused-ring (bicyclic) bond motifs is 5. The fourth-order valence-corrected chi connectivity index (χ4v) is 3.53. The third kappa shape index (κ3) is 0.947. The first-order valence-electron chi connectivity index (χ1n) is 5.31. The molecule has 0 saturated carbocycles. The van der Waals surface area contributed by atoms with Crippen LogP contribution in [0.1, 0.15) is 0 Å². The van der Waals surface area contributed by atoms with E-state index in [9.17, 15) is 0 Å². The minimum atomic E-state index is 1.26. The van der Waals surface area contributed by atoms with E-state index in [4.69, 9.17) is 0 Å². The highest BCUT2D eigenvalue weighted by atomic mass is 32.1. The van der Waals surface area contributed by atoms with Gasteiger partial charge in [-0.25, -0.2) is 0 Å². The normalized spacial score (nSPS) is 11.8. The molecule has 2 heteroatoms. The smallest absolute Gasteiger partial charge is 0.0635 e. The summed E-state index contributed by atoms with van der Waals surface area (Å²) in [5, 5.41) is 4.01. The molecule has 2 aromatic carbocycles. The van der Waals surface area contributed by atoms with Crippen molar-refractivity contribution in [2.24, 2.45) is 0 Å². The summed E-state index contributed by atoms with van der Waals surface area (Å²) in [6, 6.07) is 15.1. The van der Waals surface area contributed by atoms with E-state index < -0.39 is 0 Å². The number of nitrogens with one attached hydrogen (secondary N) is 1. The van der Waals surface area contributed by atoms with E-state index in [1.54, 1.807) is 0 Å². The van der Waals surface area contributed by atoms with Crippen LogP contribution >= 0.6 is 11.3 Å². The van der Waals surface area contributed by atoms with Crippen LogP contribution in [0.15, 0.2) is 48.7 Å². The Hall–Kier alpha value is -1.80. The highest BCUT2D eigenvalue weighted by Gasteiger charge is 2.07. The number of benzene rings is 2. The van der Waals surface area contributed by atoms with Gasteiger partial charge >= 0.3 is 0 Å². The Labute approximate surface area is 96.3 Å². The van der Waals surface area contributed by atoms with Crippen LogP contribution in [0.2, 0.25) is 0 Å². The zero-order valence-corrected chi connectivity index (χ0v) is 9.34. The molecular formula is C14H9NS. The Kier molecular flexibility index (Phi) is 1.50. The molecule has 4 rings (SSSR count). The first-order chi connectivity index (χ1) is 7.93. The van der Waals surface area contributed by atoms with Gasteiger partial charge in [0.05, 0.1) is 10.2 Å². The van der Waals surface area contributed by atoms with E-state index in [2.05, 4.69) is 47.4 Å². The number of rotatable bonds is 0. The number of H-pyrrole nitrogens is 1. The van der Waals surface area contributed by atoms with Crippen LogP contribution in [0.5, 0.6) is 0 Å². The van der Waals surface area contributed by atoms with Crippen molar-refractivity contribution in [3.05, 3.63) is 48.7 Å². The van der Waals surface area contributed by atoms with Crippen molar-refractivity contribution in [2.45, 2.75) is 0 Å². The van der Waals surface area contributed by atoms with Crippen LogP contribution in [0.4, 0.5) is 0 Å². The van der Waals surface area contributed by atoms with Gasteiger partial charge in [-0.05, 0) is 12.1 Å². The van der Waals surface area contributed by atoms with Gasteiger partial charge in [0.2, 0.25) is 0 Å². The van der Waals surface area contributed by atoms with Gasteiger partial charge in [-0.3, -0.25) is 0 Å². The van der Waals surface area contributed by atoms with Crippen LogP contribution in [0.25, 0.3) is 31.1 Å². The third-order valence-electron chi connectivity index (χ3n) is 3.07. The zero-order valence-electron chi connectivity index (χ0n) is 8.53. The molecule has 0 aliphatic carbocycles. The van der Waals surface area contributed by atoms with Gasteiger partial charge in [-0.2, -0.15) is 0 Å². The van der Waals surface area contributed by atoms with Crippen molar-refractivity contribution in [3.8, 4) is 0 Å². The molecule has 4 aromatic rings. The van der Waals surface area contributed by atoms with E-state index in [0.29, 0.717) is 0 Å². The van der Waals surface area contributed by atoms with Crippen molar-refractivity contribution < 1.29 is 0 Å². The van der Waals surface area contributed by atoms with E-state index in [1.165, 1.54) is 31.1 Å². The number of hydrogen-bond donors (Lipinski definition) is 1. The summed E-state index contributed by atoms with van der Waals surface area (Å²) in [6.07, 6.45) is 2.01. The van der Waals surface area contributed by atoms with Crippen molar-refractivity contribution in [2.75, 3.05) is 0 Å². The lowest BCUT2D eigenvalue weighted by molar-refractivity contribution is 1.50. The molecule has 2 aromatic heterocycles. The first kappa shape index (κ1) is 8.36. The molecule has 0 fully saturated rings. The van der Waals surface area contributed by atoms with Crippen LogP contribution in [-0.2, 0) is 0 Å². The molecule has 16 heavy (non-hydrogen) atoms. The maximum Gasteiger partial charge on any atom is 0.0635 e. The molecule has 0 aliphatic rings. The molecule has 0 aliphatic heterocycles. The summed E-state index contributed by atoms with van der Waals surface area (Å²) in [5.41, 5.74) is 1.26. The largest absolute Gasteiger partial charge is 0.360 e. The third-order valence-corrected chi connectivity index (χ3v) is 4.27. The maximum atomic E-state index is 3.33. The Morgan fingerprint density at radius 2 is 1.81 bits per heavy atom. The molecule has 0 radical (unpaired) electrons.